The second-order valence-corrected chi connectivity index (χ2v) is 4.16. The van der Waals surface area contributed by atoms with Gasteiger partial charge < -0.3 is 15.3 Å². The molecule has 0 fully saturated rings. The highest BCUT2D eigenvalue weighted by Gasteiger charge is 1.96. The molecule has 0 atom stereocenters. The lowest BCUT2D eigenvalue weighted by atomic mass is 10.2. The van der Waals surface area contributed by atoms with Gasteiger partial charge in [0.05, 0.1) is 0 Å². The van der Waals surface area contributed by atoms with Crippen LogP contribution in [0, 0.1) is 0 Å². The van der Waals surface area contributed by atoms with Gasteiger partial charge in [0.1, 0.15) is 0 Å². The Morgan fingerprint density at radius 1 is 1.19 bits per heavy atom. The molecule has 0 spiro atoms. The molecule has 0 aliphatic carbocycles. The van der Waals surface area contributed by atoms with Crippen molar-refractivity contribution in [1.29, 1.82) is 0 Å². The molecule has 0 aromatic heterocycles. The maximum Gasteiger partial charge on any atom is 0.0431 e. The van der Waals surface area contributed by atoms with Crippen LogP contribution in [0.5, 0.6) is 0 Å². The average molecular weight is 222 g/mol. The molecule has 0 amide bonds. The molecule has 0 heterocycles. The summed E-state index contributed by atoms with van der Waals surface area (Å²) in [6, 6.07) is 8.38. The molecular weight excluding hydrogens is 200 g/mol. The number of nitrogens with zero attached hydrogens (tertiary/aromatic N) is 1. The first-order chi connectivity index (χ1) is 7.74. The summed E-state index contributed by atoms with van der Waals surface area (Å²) in [6.45, 7) is 1.27. The van der Waals surface area contributed by atoms with Gasteiger partial charge >= 0.3 is 0 Å². The number of nitrogens with one attached hydrogen (secondary N) is 1. The Morgan fingerprint density at radius 3 is 2.69 bits per heavy atom. The maximum absolute atomic E-state index is 8.65. The molecule has 3 heteroatoms. The lowest BCUT2D eigenvalue weighted by molar-refractivity contribution is 0.283. The molecule has 0 aliphatic heterocycles. The van der Waals surface area contributed by atoms with Gasteiger partial charge in [0.15, 0.2) is 0 Å². The Bertz CT molecular complexity index is 300. The van der Waals surface area contributed by atoms with Gasteiger partial charge in [-0.25, -0.2) is 0 Å². The van der Waals surface area contributed by atoms with Gasteiger partial charge in [-0.05, 0) is 37.5 Å². The van der Waals surface area contributed by atoms with Crippen molar-refractivity contribution in [3.05, 3.63) is 24.3 Å². The fraction of sp³-hybridized carbons (Fsp3) is 0.538. The van der Waals surface area contributed by atoms with E-state index in [0.717, 1.165) is 31.5 Å². The van der Waals surface area contributed by atoms with E-state index >= 15 is 0 Å². The van der Waals surface area contributed by atoms with Crippen LogP contribution in [0.4, 0.5) is 11.4 Å². The number of hydrogen-bond acceptors (Lipinski definition) is 3. The summed E-state index contributed by atoms with van der Waals surface area (Å²) in [5.74, 6) is 0. The van der Waals surface area contributed by atoms with Gasteiger partial charge in [-0.3, -0.25) is 0 Å². The number of aliphatic hydroxyl groups is 1. The molecule has 1 aromatic rings. The average Bonchev–Trinajstić information content (AvgIpc) is 2.29. The SMILES string of the molecule is CN(C)c1cccc(NCCCCCO)c1. The topological polar surface area (TPSA) is 35.5 Å². The molecule has 0 saturated carbocycles. The summed E-state index contributed by atoms with van der Waals surface area (Å²) in [6.07, 6.45) is 3.09. The van der Waals surface area contributed by atoms with E-state index in [0.29, 0.717) is 6.61 Å². The number of aliphatic hydroxyl groups excluding tert-OH is 1. The molecule has 90 valence electrons. The van der Waals surface area contributed by atoms with Crippen LogP contribution in [0.15, 0.2) is 24.3 Å². The molecule has 2 N–H and O–H groups in total. The van der Waals surface area contributed by atoms with E-state index in [1.54, 1.807) is 0 Å². The van der Waals surface area contributed by atoms with Crippen molar-refractivity contribution in [2.75, 3.05) is 37.5 Å². The monoisotopic (exact) mass is 222 g/mol. The molecule has 3 nitrogen and oxygen atoms in total. The highest BCUT2D eigenvalue weighted by atomic mass is 16.2. The van der Waals surface area contributed by atoms with Crippen molar-refractivity contribution in [2.24, 2.45) is 0 Å². The minimum absolute atomic E-state index is 0.302. The van der Waals surface area contributed by atoms with E-state index in [4.69, 9.17) is 5.11 Å². The van der Waals surface area contributed by atoms with Gasteiger partial charge in [-0.15, -0.1) is 0 Å². The van der Waals surface area contributed by atoms with Crippen molar-refractivity contribution in [3.63, 3.8) is 0 Å². The summed E-state index contributed by atoms with van der Waals surface area (Å²) < 4.78 is 0. The fourth-order valence-corrected chi connectivity index (χ4v) is 1.54. The quantitative estimate of drug-likeness (QED) is 0.695. The molecule has 1 aromatic carbocycles. The number of unbranched alkanes of at least 4 members (excludes halogenated alkanes) is 2. The number of anilines is 2. The second kappa shape index (κ2) is 7.12. The maximum atomic E-state index is 8.65. The highest BCUT2D eigenvalue weighted by Crippen LogP contribution is 2.17. The van der Waals surface area contributed by atoms with Crippen LogP contribution in [0.25, 0.3) is 0 Å². The van der Waals surface area contributed by atoms with Crippen LogP contribution in [-0.2, 0) is 0 Å². The molecule has 0 unspecified atom stereocenters. The van der Waals surface area contributed by atoms with Gasteiger partial charge in [-0.1, -0.05) is 6.07 Å². The van der Waals surface area contributed by atoms with Gasteiger partial charge in [-0.2, -0.15) is 0 Å². The largest absolute Gasteiger partial charge is 0.396 e. The Kier molecular flexibility index (Phi) is 5.72. The second-order valence-electron chi connectivity index (χ2n) is 4.16. The normalized spacial score (nSPS) is 10.2. The summed E-state index contributed by atoms with van der Waals surface area (Å²) in [5.41, 5.74) is 2.37. The lowest BCUT2D eigenvalue weighted by Gasteiger charge is -2.14. The third-order valence-electron chi connectivity index (χ3n) is 2.53. The Balaban J connectivity index is 2.33. The standard InChI is InChI=1S/C13H22N2O/c1-15(2)13-8-6-7-12(11-13)14-9-4-3-5-10-16/h6-8,11,14,16H,3-5,9-10H2,1-2H3. The van der Waals surface area contributed by atoms with Crippen LogP contribution in [0.1, 0.15) is 19.3 Å². The molecule has 0 aliphatic rings. The number of benzene rings is 1. The zero-order valence-electron chi connectivity index (χ0n) is 10.2. The van der Waals surface area contributed by atoms with Gasteiger partial charge in [0.25, 0.3) is 0 Å². The Morgan fingerprint density at radius 2 is 2.00 bits per heavy atom. The van der Waals surface area contributed by atoms with Crippen LogP contribution < -0.4 is 10.2 Å². The number of rotatable bonds is 7. The summed E-state index contributed by atoms with van der Waals surface area (Å²) in [4.78, 5) is 2.09. The lowest BCUT2D eigenvalue weighted by Crippen LogP contribution is -2.09. The van der Waals surface area contributed by atoms with E-state index in [-0.39, 0.29) is 0 Å². The molecule has 1 rings (SSSR count). The summed E-state index contributed by atoms with van der Waals surface area (Å²) >= 11 is 0. The fourth-order valence-electron chi connectivity index (χ4n) is 1.54. The van der Waals surface area contributed by atoms with Gasteiger partial charge in [0, 0.05) is 38.6 Å². The Labute approximate surface area is 98.1 Å². The van der Waals surface area contributed by atoms with Crippen LogP contribution in [0.3, 0.4) is 0 Å². The van der Waals surface area contributed by atoms with Crippen molar-refractivity contribution in [1.82, 2.24) is 0 Å². The van der Waals surface area contributed by atoms with Crippen LogP contribution in [-0.4, -0.2) is 32.4 Å². The zero-order chi connectivity index (χ0) is 11.8. The van der Waals surface area contributed by atoms with E-state index < -0.39 is 0 Å². The van der Waals surface area contributed by atoms with Gasteiger partial charge in [0.2, 0.25) is 0 Å². The smallest absolute Gasteiger partial charge is 0.0431 e. The van der Waals surface area contributed by atoms with E-state index in [1.807, 2.05) is 14.1 Å². The van der Waals surface area contributed by atoms with Crippen molar-refractivity contribution >= 4 is 11.4 Å². The third kappa shape index (κ3) is 4.53. The minimum atomic E-state index is 0.302. The summed E-state index contributed by atoms with van der Waals surface area (Å²) in [7, 11) is 4.08. The third-order valence-corrected chi connectivity index (χ3v) is 2.53. The molecule has 0 radical (unpaired) electrons. The first-order valence-corrected chi connectivity index (χ1v) is 5.86. The highest BCUT2D eigenvalue weighted by molar-refractivity contribution is 5.57. The molecule has 0 saturated heterocycles. The first-order valence-electron chi connectivity index (χ1n) is 5.86. The predicted molar refractivity (Wildman–Crippen MR) is 70.2 cm³/mol. The van der Waals surface area contributed by atoms with Crippen molar-refractivity contribution in [2.45, 2.75) is 19.3 Å². The van der Waals surface area contributed by atoms with E-state index in [9.17, 15) is 0 Å². The zero-order valence-corrected chi connectivity index (χ0v) is 10.2. The van der Waals surface area contributed by atoms with Crippen molar-refractivity contribution < 1.29 is 5.11 Å². The summed E-state index contributed by atoms with van der Waals surface area (Å²) in [5, 5.41) is 12.0. The molecular formula is C13H22N2O. The number of hydrogen-bond donors (Lipinski definition) is 2. The van der Waals surface area contributed by atoms with Crippen molar-refractivity contribution in [3.8, 4) is 0 Å². The Hall–Kier alpha value is -1.22. The van der Waals surface area contributed by atoms with E-state index in [1.165, 1.54) is 5.69 Å². The molecule has 0 bridgehead atoms. The van der Waals surface area contributed by atoms with Crippen LogP contribution >= 0.6 is 0 Å². The predicted octanol–water partition coefficient (Wildman–Crippen LogP) is 2.33. The van der Waals surface area contributed by atoms with E-state index in [2.05, 4.69) is 34.5 Å². The molecule has 16 heavy (non-hydrogen) atoms. The first kappa shape index (κ1) is 12.8. The van der Waals surface area contributed by atoms with Crippen LogP contribution in [0.2, 0.25) is 0 Å². The minimum Gasteiger partial charge on any atom is -0.396 e.